The number of nitrogens with zero attached hydrogens (tertiary/aromatic N) is 3. The lowest BCUT2D eigenvalue weighted by molar-refractivity contribution is 0.189. The zero-order chi connectivity index (χ0) is 23.2. The standard InChI is InChI=1S/C27H36N4O2/c1-20-13-16-30(17-14-20)15-7-6-8-21-11-12-25(32-3)24(18-21)31(27(28)29-2)26-23-10-5-4-9-22(23)19-33-26/h4-5,9-12,18-20H,6-8,13-17H2,1-3H3,(H2,28,29). The Labute approximate surface area is 197 Å². The highest BCUT2D eigenvalue weighted by Crippen LogP contribution is 2.39. The van der Waals surface area contributed by atoms with Gasteiger partial charge in [-0.15, -0.1) is 0 Å². The number of unbranched alkanes of at least 4 members (excludes halogenated alkanes) is 1. The van der Waals surface area contributed by atoms with Gasteiger partial charge >= 0.3 is 0 Å². The van der Waals surface area contributed by atoms with Gasteiger partial charge in [0.15, 0.2) is 0 Å². The highest BCUT2D eigenvalue weighted by molar-refractivity contribution is 6.08. The van der Waals surface area contributed by atoms with Crippen molar-refractivity contribution in [3.63, 3.8) is 0 Å². The number of nitrogens with two attached hydrogens (primary N) is 1. The molecule has 0 radical (unpaired) electrons. The molecule has 3 aromatic rings. The number of likely N-dealkylation sites (tertiary alicyclic amines) is 1. The Morgan fingerprint density at radius 1 is 1.18 bits per heavy atom. The van der Waals surface area contributed by atoms with Gasteiger partial charge < -0.3 is 19.8 Å². The molecule has 2 aromatic carbocycles. The molecule has 0 spiro atoms. The van der Waals surface area contributed by atoms with Crippen LogP contribution in [0.1, 0.15) is 38.2 Å². The number of aryl methyl sites for hydroxylation is 1. The van der Waals surface area contributed by atoms with Gasteiger partial charge in [0.1, 0.15) is 12.0 Å². The SMILES string of the molecule is CN=C(N)N(c1cc(CCCCN2CCC(C)CC2)ccc1OC)c1occ2ccccc12. The van der Waals surface area contributed by atoms with Crippen molar-refractivity contribution in [2.75, 3.05) is 38.7 Å². The third kappa shape index (κ3) is 5.33. The van der Waals surface area contributed by atoms with E-state index in [0.29, 0.717) is 11.8 Å². The van der Waals surface area contributed by atoms with Gasteiger partial charge in [-0.2, -0.15) is 0 Å². The van der Waals surface area contributed by atoms with Crippen molar-refractivity contribution < 1.29 is 9.15 Å². The van der Waals surface area contributed by atoms with Crippen molar-refractivity contribution in [2.24, 2.45) is 16.6 Å². The number of anilines is 2. The van der Waals surface area contributed by atoms with Gasteiger partial charge in [-0.1, -0.05) is 31.2 Å². The van der Waals surface area contributed by atoms with Gasteiger partial charge in [0, 0.05) is 17.8 Å². The van der Waals surface area contributed by atoms with Gasteiger partial charge in [-0.25, -0.2) is 4.90 Å². The van der Waals surface area contributed by atoms with E-state index in [2.05, 4.69) is 28.9 Å². The summed E-state index contributed by atoms with van der Waals surface area (Å²) in [5.74, 6) is 2.61. The van der Waals surface area contributed by atoms with Crippen LogP contribution in [0.2, 0.25) is 0 Å². The fourth-order valence-corrected chi connectivity index (χ4v) is 4.60. The predicted octanol–water partition coefficient (Wildman–Crippen LogP) is 5.58. The number of guanidine groups is 1. The molecule has 0 bridgehead atoms. The van der Waals surface area contributed by atoms with E-state index in [1.807, 2.05) is 35.2 Å². The molecule has 176 valence electrons. The van der Waals surface area contributed by atoms with E-state index in [9.17, 15) is 0 Å². The predicted molar refractivity (Wildman–Crippen MR) is 137 cm³/mol. The lowest BCUT2D eigenvalue weighted by Crippen LogP contribution is -2.33. The van der Waals surface area contributed by atoms with Crippen LogP contribution in [0.5, 0.6) is 5.75 Å². The highest BCUT2D eigenvalue weighted by atomic mass is 16.5. The number of ether oxygens (including phenoxy) is 1. The molecule has 0 atom stereocenters. The summed E-state index contributed by atoms with van der Waals surface area (Å²) in [7, 11) is 3.36. The molecule has 0 unspecified atom stereocenters. The van der Waals surface area contributed by atoms with Crippen LogP contribution in [0, 0.1) is 5.92 Å². The van der Waals surface area contributed by atoms with Gasteiger partial charge in [0.2, 0.25) is 11.8 Å². The molecule has 6 nitrogen and oxygen atoms in total. The van der Waals surface area contributed by atoms with Crippen LogP contribution in [0.15, 0.2) is 58.1 Å². The Hall–Kier alpha value is -2.99. The Bertz CT molecular complexity index is 1080. The summed E-state index contributed by atoms with van der Waals surface area (Å²) in [5.41, 5.74) is 8.46. The number of methoxy groups -OCH3 is 1. The first kappa shape index (κ1) is 23.2. The second kappa shape index (κ2) is 10.8. The molecule has 6 heteroatoms. The Morgan fingerprint density at radius 3 is 2.73 bits per heavy atom. The minimum Gasteiger partial charge on any atom is -0.495 e. The van der Waals surface area contributed by atoms with Crippen molar-refractivity contribution in [1.82, 2.24) is 4.90 Å². The maximum atomic E-state index is 6.37. The molecule has 33 heavy (non-hydrogen) atoms. The number of rotatable bonds is 8. The number of hydrogen-bond donors (Lipinski definition) is 1. The number of aliphatic imine (C=N–C) groups is 1. The molecule has 1 aliphatic rings. The lowest BCUT2D eigenvalue weighted by Gasteiger charge is -2.30. The smallest absolute Gasteiger partial charge is 0.214 e. The first-order valence-electron chi connectivity index (χ1n) is 12.0. The summed E-state index contributed by atoms with van der Waals surface area (Å²) in [5, 5.41) is 2.00. The van der Waals surface area contributed by atoms with Crippen LogP contribution in [0.3, 0.4) is 0 Å². The first-order chi connectivity index (χ1) is 16.1. The highest BCUT2D eigenvalue weighted by Gasteiger charge is 2.23. The van der Waals surface area contributed by atoms with E-state index in [0.717, 1.165) is 41.0 Å². The maximum Gasteiger partial charge on any atom is 0.214 e. The normalized spacial score (nSPS) is 15.8. The number of hydrogen-bond acceptors (Lipinski definition) is 4. The van der Waals surface area contributed by atoms with Crippen LogP contribution in [-0.4, -0.2) is 44.7 Å². The molecule has 2 heterocycles. The largest absolute Gasteiger partial charge is 0.495 e. The van der Waals surface area contributed by atoms with Crippen LogP contribution in [-0.2, 0) is 6.42 Å². The Kier molecular flexibility index (Phi) is 7.55. The molecule has 0 aliphatic carbocycles. The summed E-state index contributed by atoms with van der Waals surface area (Å²) in [4.78, 5) is 8.72. The van der Waals surface area contributed by atoms with Gasteiger partial charge in [-0.05, 0) is 81.4 Å². The third-order valence-corrected chi connectivity index (χ3v) is 6.70. The maximum absolute atomic E-state index is 6.37. The van der Waals surface area contributed by atoms with E-state index in [1.165, 1.54) is 44.5 Å². The second-order valence-corrected chi connectivity index (χ2v) is 9.03. The molecule has 1 aliphatic heterocycles. The van der Waals surface area contributed by atoms with Gasteiger partial charge in [0.05, 0.1) is 12.8 Å². The topological polar surface area (TPSA) is 67.2 Å². The summed E-state index contributed by atoms with van der Waals surface area (Å²) in [6.07, 6.45) is 7.79. The molecule has 0 amide bonds. The van der Waals surface area contributed by atoms with Crippen LogP contribution in [0.25, 0.3) is 10.8 Å². The summed E-state index contributed by atoms with van der Waals surface area (Å²) >= 11 is 0. The average molecular weight is 449 g/mol. The third-order valence-electron chi connectivity index (χ3n) is 6.70. The number of piperidine rings is 1. The lowest BCUT2D eigenvalue weighted by atomic mass is 9.99. The minimum atomic E-state index is 0.352. The van der Waals surface area contributed by atoms with Crippen molar-refractivity contribution in [1.29, 1.82) is 0 Å². The zero-order valence-electron chi connectivity index (χ0n) is 20.1. The quantitative estimate of drug-likeness (QED) is 0.277. The Morgan fingerprint density at radius 2 is 1.97 bits per heavy atom. The van der Waals surface area contributed by atoms with Crippen molar-refractivity contribution in [3.05, 3.63) is 54.3 Å². The zero-order valence-corrected chi connectivity index (χ0v) is 20.1. The summed E-state index contributed by atoms with van der Waals surface area (Å²) < 4.78 is 11.7. The average Bonchev–Trinajstić information content (AvgIpc) is 3.27. The van der Waals surface area contributed by atoms with Crippen LogP contribution in [0.4, 0.5) is 11.6 Å². The molecule has 1 aromatic heterocycles. The van der Waals surface area contributed by atoms with Gasteiger partial charge in [-0.3, -0.25) is 4.99 Å². The van der Waals surface area contributed by atoms with Crippen molar-refractivity contribution >= 4 is 28.3 Å². The first-order valence-corrected chi connectivity index (χ1v) is 12.0. The van der Waals surface area contributed by atoms with E-state index in [1.54, 1.807) is 20.4 Å². The molecular formula is C27H36N4O2. The van der Waals surface area contributed by atoms with E-state index in [-0.39, 0.29) is 0 Å². The number of fused-ring (bicyclic) bond motifs is 1. The number of benzene rings is 2. The van der Waals surface area contributed by atoms with Gasteiger partial charge in [0.25, 0.3) is 0 Å². The van der Waals surface area contributed by atoms with E-state index < -0.39 is 0 Å². The molecule has 2 N–H and O–H groups in total. The van der Waals surface area contributed by atoms with Crippen LogP contribution >= 0.6 is 0 Å². The van der Waals surface area contributed by atoms with Crippen LogP contribution < -0.4 is 15.4 Å². The fraction of sp³-hybridized carbons (Fsp3) is 0.444. The van der Waals surface area contributed by atoms with E-state index in [4.69, 9.17) is 14.9 Å². The van der Waals surface area contributed by atoms with Crippen molar-refractivity contribution in [2.45, 2.75) is 39.0 Å². The van der Waals surface area contributed by atoms with E-state index >= 15 is 0 Å². The minimum absolute atomic E-state index is 0.352. The monoisotopic (exact) mass is 448 g/mol. The van der Waals surface area contributed by atoms with Crippen molar-refractivity contribution in [3.8, 4) is 5.75 Å². The molecular weight excluding hydrogens is 412 g/mol. The molecule has 1 fully saturated rings. The molecule has 4 rings (SSSR count). The molecule has 1 saturated heterocycles. The second-order valence-electron chi connectivity index (χ2n) is 9.03. The summed E-state index contributed by atoms with van der Waals surface area (Å²) in [6.45, 7) is 6.05. The summed E-state index contributed by atoms with van der Waals surface area (Å²) in [6, 6.07) is 14.3. The number of furan rings is 1. The fourth-order valence-electron chi connectivity index (χ4n) is 4.60. The Balaban J connectivity index is 1.53. The molecule has 0 saturated carbocycles.